The summed E-state index contributed by atoms with van der Waals surface area (Å²) in [5.74, 6) is 0.622. The van der Waals surface area contributed by atoms with Gasteiger partial charge in [0.05, 0.1) is 12.4 Å². The summed E-state index contributed by atoms with van der Waals surface area (Å²) in [7, 11) is 0. The van der Waals surface area contributed by atoms with Gasteiger partial charge in [-0.15, -0.1) is 0 Å². The minimum absolute atomic E-state index is 0.127. The van der Waals surface area contributed by atoms with Crippen LogP contribution in [-0.4, -0.2) is 24.5 Å². The van der Waals surface area contributed by atoms with E-state index in [2.05, 4.69) is 10.6 Å². The standard InChI is InChI=1S/C19H22N2O4/c22-18(10-11-20-19(23)17-9-4-12-24-17)21-13-14-5-1-2-8-16(14)25-15-6-3-7-15/h1-2,4-5,8-9,12,15H,3,6-7,10-11,13H2,(H,20,23)(H,21,22). The summed E-state index contributed by atoms with van der Waals surface area (Å²) in [6.45, 7) is 0.666. The van der Waals surface area contributed by atoms with E-state index in [4.69, 9.17) is 9.15 Å². The van der Waals surface area contributed by atoms with Crippen LogP contribution in [0.2, 0.25) is 0 Å². The van der Waals surface area contributed by atoms with Crippen molar-refractivity contribution < 1.29 is 18.7 Å². The third kappa shape index (κ3) is 4.86. The predicted molar refractivity (Wildman–Crippen MR) is 92.2 cm³/mol. The highest BCUT2D eigenvalue weighted by Crippen LogP contribution is 2.27. The number of para-hydroxylation sites is 1. The summed E-state index contributed by atoms with van der Waals surface area (Å²) in [6, 6.07) is 11.0. The van der Waals surface area contributed by atoms with Gasteiger partial charge in [-0.25, -0.2) is 0 Å². The first-order valence-electron chi connectivity index (χ1n) is 8.55. The first-order chi connectivity index (χ1) is 12.2. The van der Waals surface area contributed by atoms with Crippen LogP contribution in [-0.2, 0) is 11.3 Å². The van der Waals surface area contributed by atoms with E-state index in [1.54, 1.807) is 12.1 Å². The summed E-state index contributed by atoms with van der Waals surface area (Å²) >= 11 is 0. The molecule has 0 unspecified atom stereocenters. The first kappa shape index (κ1) is 17.1. The van der Waals surface area contributed by atoms with Crippen molar-refractivity contribution in [1.82, 2.24) is 10.6 Å². The number of amides is 2. The van der Waals surface area contributed by atoms with E-state index in [0.717, 1.165) is 24.2 Å². The Kier molecular flexibility index (Phi) is 5.72. The van der Waals surface area contributed by atoms with Gasteiger partial charge < -0.3 is 19.8 Å². The zero-order valence-corrected chi connectivity index (χ0v) is 14.0. The minimum atomic E-state index is -0.322. The van der Waals surface area contributed by atoms with Crippen molar-refractivity contribution in [2.24, 2.45) is 0 Å². The molecule has 6 heteroatoms. The highest BCUT2D eigenvalue weighted by molar-refractivity contribution is 5.91. The highest BCUT2D eigenvalue weighted by atomic mass is 16.5. The first-order valence-corrected chi connectivity index (χ1v) is 8.55. The summed E-state index contributed by atoms with van der Waals surface area (Å²) in [4.78, 5) is 23.7. The Hall–Kier alpha value is -2.76. The van der Waals surface area contributed by atoms with Crippen molar-refractivity contribution in [3.05, 3.63) is 54.0 Å². The highest BCUT2D eigenvalue weighted by Gasteiger charge is 2.20. The van der Waals surface area contributed by atoms with E-state index in [0.29, 0.717) is 12.6 Å². The molecular formula is C19H22N2O4. The summed E-state index contributed by atoms with van der Waals surface area (Å²) in [6.07, 6.45) is 5.34. The lowest BCUT2D eigenvalue weighted by Gasteiger charge is -2.27. The Morgan fingerprint density at radius 3 is 2.68 bits per heavy atom. The molecule has 2 aromatic rings. The summed E-state index contributed by atoms with van der Waals surface area (Å²) in [5, 5.41) is 5.51. The van der Waals surface area contributed by atoms with Crippen LogP contribution < -0.4 is 15.4 Å². The minimum Gasteiger partial charge on any atom is -0.490 e. The van der Waals surface area contributed by atoms with Gasteiger partial charge in [-0.3, -0.25) is 9.59 Å². The van der Waals surface area contributed by atoms with Crippen molar-refractivity contribution in [1.29, 1.82) is 0 Å². The normalized spacial score (nSPS) is 13.8. The maximum Gasteiger partial charge on any atom is 0.286 e. The number of furan rings is 1. The van der Waals surface area contributed by atoms with Crippen LogP contribution >= 0.6 is 0 Å². The fraction of sp³-hybridized carbons (Fsp3) is 0.368. The van der Waals surface area contributed by atoms with Gasteiger partial charge in [0.15, 0.2) is 5.76 Å². The number of benzene rings is 1. The molecule has 1 aromatic heterocycles. The van der Waals surface area contributed by atoms with E-state index < -0.39 is 0 Å². The Bertz CT molecular complexity index is 708. The van der Waals surface area contributed by atoms with Crippen LogP contribution in [0.5, 0.6) is 5.75 Å². The number of rotatable bonds is 8. The van der Waals surface area contributed by atoms with Crippen LogP contribution in [0.25, 0.3) is 0 Å². The molecule has 1 aliphatic rings. The zero-order chi connectivity index (χ0) is 17.5. The van der Waals surface area contributed by atoms with Crippen molar-refractivity contribution >= 4 is 11.8 Å². The van der Waals surface area contributed by atoms with Crippen LogP contribution in [0, 0.1) is 0 Å². The number of carbonyl (C=O) groups is 2. The van der Waals surface area contributed by atoms with Crippen molar-refractivity contribution in [2.45, 2.75) is 38.3 Å². The second kappa shape index (κ2) is 8.37. The van der Waals surface area contributed by atoms with E-state index in [1.807, 2.05) is 24.3 Å². The molecule has 1 aliphatic carbocycles. The molecule has 2 amide bonds. The molecule has 1 aromatic carbocycles. The topological polar surface area (TPSA) is 80.6 Å². The Labute approximate surface area is 146 Å². The molecule has 0 aliphatic heterocycles. The fourth-order valence-electron chi connectivity index (χ4n) is 2.50. The number of hydrogen-bond donors (Lipinski definition) is 2. The summed E-state index contributed by atoms with van der Waals surface area (Å²) < 4.78 is 10.9. The van der Waals surface area contributed by atoms with Gasteiger partial charge in [-0.1, -0.05) is 18.2 Å². The molecule has 1 heterocycles. The lowest BCUT2D eigenvalue weighted by atomic mass is 9.96. The largest absolute Gasteiger partial charge is 0.490 e. The number of hydrogen-bond acceptors (Lipinski definition) is 4. The van der Waals surface area contributed by atoms with Gasteiger partial charge in [0, 0.05) is 25.1 Å². The van der Waals surface area contributed by atoms with Gasteiger partial charge in [-0.2, -0.15) is 0 Å². The number of nitrogens with one attached hydrogen (secondary N) is 2. The molecule has 0 saturated heterocycles. The molecular weight excluding hydrogens is 320 g/mol. The number of carbonyl (C=O) groups excluding carboxylic acids is 2. The molecule has 132 valence electrons. The Balaban J connectivity index is 1.40. The third-order valence-electron chi connectivity index (χ3n) is 4.18. The van der Waals surface area contributed by atoms with Crippen molar-refractivity contribution in [2.75, 3.05) is 6.54 Å². The van der Waals surface area contributed by atoms with Crippen LogP contribution in [0.3, 0.4) is 0 Å². The Morgan fingerprint density at radius 2 is 1.96 bits per heavy atom. The smallest absolute Gasteiger partial charge is 0.286 e. The SMILES string of the molecule is O=C(CCNC(=O)c1ccco1)NCc1ccccc1OC1CCC1. The molecule has 1 saturated carbocycles. The Morgan fingerprint density at radius 1 is 1.12 bits per heavy atom. The van der Waals surface area contributed by atoms with Crippen molar-refractivity contribution in [3.63, 3.8) is 0 Å². The monoisotopic (exact) mass is 342 g/mol. The zero-order valence-electron chi connectivity index (χ0n) is 14.0. The van der Waals surface area contributed by atoms with Gasteiger partial charge in [-0.05, 0) is 37.5 Å². The van der Waals surface area contributed by atoms with Gasteiger partial charge >= 0.3 is 0 Å². The molecule has 3 rings (SSSR count). The molecule has 0 radical (unpaired) electrons. The van der Waals surface area contributed by atoms with Crippen LogP contribution in [0.4, 0.5) is 0 Å². The van der Waals surface area contributed by atoms with Crippen LogP contribution in [0.15, 0.2) is 47.1 Å². The maximum atomic E-state index is 12.0. The van der Waals surface area contributed by atoms with Crippen molar-refractivity contribution in [3.8, 4) is 5.75 Å². The van der Waals surface area contributed by atoms with E-state index in [9.17, 15) is 9.59 Å². The average molecular weight is 342 g/mol. The number of ether oxygens (including phenoxy) is 1. The lowest BCUT2D eigenvalue weighted by molar-refractivity contribution is -0.121. The lowest BCUT2D eigenvalue weighted by Crippen LogP contribution is -2.30. The predicted octanol–water partition coefficient (Wildman–Crippen LogP) is 2.65. The van der Waals surface area contributed by atoms with Crippen LogP contribution in [0.1, 0.15) is 41.8 Å². The third-order valence-corrected chi connectivity index (χ3v) is 4.18. The second-order valence-corrected chi connectivity index (χ2v) is 6.04. The maximum absolute atomic E-state index is 12.0. The second-order valence-electron chi connectivity index (χ2n) is 6.04. The van der Waals surface area contributed by atoms with E-state index >= 15 is 0 Å². The molecule has 0 spiro atoms. The molecule has 1 fully saturated rings. The summed E-state index contributed by atoms with van der Waals surface area (Å²) in [5.41, 5.74) is 0.961. The fourth-order valence-corrected chi connectivity index (χ4v) is 2.50. The molecule has 25 heavy (non-hydrogen) atoms. The molecule has 2 N–H and O–H groups in total. The molecule has 0 atom stereocenters. The molecule has 0 bridgehead atoms. The van der Waals surface area contributed by atoms with Gasteiger partial charge in [0.2, 0.25) is 5.91 Å². The van der Waals surface area contributed by atoms with E-state index in [-0.39, 0.29) is 30.5 Å². The quantitative estimate of drug-likeness (QED) is 0.773. The molecule has 6 nitrogen and oxygen atoms in total. The van der Waals surface area contributed by atoms with E-state index in [1.165, 1.54) is 12.7 Å². The average Bonchev–Trinajstić information content (AvgIpc) is 3.11. The van der Waals surface area contributed by atoms with Gasteiger partial charge in [0.25, 0.3) is 5.91 Å². The van der Waals surface area contributed by atoms with Gasteiger partial charge in [0.1, 0.15) is 5.75 Å².